The van der Waals surface area contributed by atoms with Gasteiger partial charge in [-0.1, -0.05) is 11.6 Å². The predicted octanol–water partition coefficient (Wildman–Crippen LogP) is 3.18. The van der Waals surface area contributed by atoms with E-state index >= 15 is 0 Å². The molecule has 0 N–H and O–H groups in total. The maximum absolute atomic E-state index is 12.3. The summed E-state index contributed by atoms with van der Waals surface area (Å²) in [5, 5.41) is 0.640. The third-order valence-electron chi connectivity index (χ3n) is 3.86. The molecule has 0 radical (unpaired) electrons. The summed E-state index contributed by atoms with van der Waals surface area (Å²) >= 11 is 5.83. The first-order chi connectivity index (χ1) is 11.7. The van der Waals surface area contributed by atoms with Gasteiger partial charge in [-0.25, -0.2) is 0 Å². The lowest BCUT2D eigenvalue weighted by molar-refractivity contribution is -0.136. The fraction of sp³-hybridized carbons (Fsp3) is 0.333. The molecular formula is C18H19ClN2O3. The summed E-state index contributed by atoms with van der Waals surface area (Å²) in [5.74, 6) is 1.38. The molecule has 2 heterocycles. The number of amides is 1. The van der Waals surface area contributed by atoms with Crippen molar-refractivity contribution in [3.63, 3.8) is 0 Å². The Hall–Kier alpha value is -2.27. The van der Waals surface area contributed by atoms with Crippen molar-refractivity contribution in [1.29, 1.82) is 0 Å². The first kappa shape index (κ1) is 16.6. The third kappa shape index (κ3) is 4.61. The number of likely N-dealkylation sites (tertiary alicyclic amines) is 1. The Bertz CT molecular complexity index is 664. The van der Waals surface area contributed by atoms with Gasteiger partial charge >= 0.3 is 0 Å². The smallest absolute Gasteiger partial charge is 0.260 e. The van der Waals surface area contributed by atoms with Crippen LogP contribution in [0.15, 0.2) is 48.8 Å². The van der Waals surface area contributed by atoms with E-state index < -0.39 is 0 Å². The summed E-state index contributed by atoms with van der Waals surface area (Å²) in [5.41, 5.74) is 0. The number of benzene rings is 1. The van der Waals surface area contributed by atoms with Crippen LogP contribution in [0.25, 0.3) is 0 Å². The average molecular weight is 347 g/mol. The van der Waals surface area contributed by atoms with Crippen LogP contribution in [-0.4, -0.2) is 41.6 Å². The summed E-state index contributed by atoms with van der Waals surface area (Å²) in [6, 6.07) is 10.6. The summed E-state index contributed by atoms with van der Waals surface area (Å²) in [6.07, 6.45) is 5.25. The minimum absolute atomic E-state index is 0.000585. The Balaban J connectivity index is 1.50. The number of nitrogens with zero attached hydrogens (tertiary/aromatic N) is 2. The Morgan fingerprint density at radius 3 is 2.67 bits per heavy atom. The molecule has 0 spiro atoms. The summed E-state index contributed by atoms with van der Waals surface area (Å²) in [6.45, 7) is 1.33. The molecule has 1 aliphatic rings. The molecule has 1 unspecified atom stereocenters. The van der Waals surface area contributed by atoms with E-state index in [0.717, 1.165) is 25.1 Å². The number of piperidine rings is 1. The van der Waals surface area contributed by atoms with E-state index in [2.05, 4.69) is 4.98 Å². The molecular weight excluding hydrogens is 328 g/mol. The number of hydrogen-bond acceptors (Lipinski definition) is 4. The van der Waals surface area contributed by atoms with E-state index in [0.29, 0.717) is 17.3 Å². The molecule has 1 saturated heterocycles. The summed E-state index contributed by atoms with van der Waals surface area (Å²) in [7, 11) is 0. The standard InChI is InChI=1S/C18H19ClN2O3/c19-14-3-5-15(6-4-14)23-13-18(22)21-11-1-2-17(12-21)24-16-7-9-20-10-8-16/h3-10,17H,1-2,11-13H2. The number of pyridine rings is 1. The van der Waals surface area contributed by atoms with Gasteiger partial charge in [-0.15, -0.1) is 0 Å². The number of halogens is 1. The normalized spacial score (nSPS) is 17.4. The van der Waals surface area contributed by atoms with Crippen LogP contribution in [0, 0.1) is 0 Å². The van der Waals surface area contributed by atoms with Crippen LogP contribution in [-0.2, 0) is 4.79 Å². The van der Waals surface area contributed by atoms with Gasteiger partial charge in [0.1, 0.15) is 17.6 Å². The highest BCUT2D eigenvalue weighted by Crippen LogP contribution is 2.19. The van der Waals surface area contributed by atoms with Crippen LogP contribution in [0.4, 0.5) is 0 Å². The minimum atomic E-state index is -0.0343. The van der Waals surface area contributed by atoms with Gasteiger partial charge in [0.15, 0.2) is 6.61 Å². The zero-order chi connectivity index (χ0) is 16.8. The van der Waals surface area contributed by atoms with E-state index in [1.54, 1.807) is 41.6 Å². The fourth-order valence-electron chi connectivity index (χ4n) is 2.64. The molecule has 2 aromatic rings. The van der Waals surface area contributed by atoms with Crippen LogP contribution in [0.5, 0.6) is 11.5 Å². The summed E-state index contributed by atoms with van der Waals surface area (Å²) < 4.78 is 11.5. The van der Waals surface area contributed by atoms with E-state index in [1.807, 2.05) is 12.1 Å². The number of ether oxygens (including phenoxy) is 2. The highest BCUT2D eigenvalue weighted by atomic mass is 35.5. The van der Waals surface area contributed by atoms with Crippen LogP contribution in [0.2, 0.25) is 5.02 Å². The van der Waals surface area contributed by atoms with Gasteiger partial charge in [0.2, 0.25) is 0 Å². The van der Waals surface area contributed by atoms with Crippen molar-refractivity contribution in [3.8, 4) is 11.5 Å². The molecule has 1 aromatic heterocycles. The Morgan fingerprint density at radius 2 is 1.92 bits per heavy atom. The van der Waals surface area contributed by atoms with Crippen molar-refractivity contribution in [1.82, 2.24) is 9.88 Å². The second kappa shape index (κ2) is 8.02. The maximum Gasteiger partial charge on any atom is 0.260 e. The highest BCUT2D eigenvalue weighted by molar-refractivity contribution is 6.30. The maximum atomic E-state index is 12.3. The molecule has 0 saturated carbocycles. The molecule has 0 aliphatic carbocycles. The van der Waals surface area contributed by atoms with Gasteiger partial charge in [0.05, 0.1) is 6.54 Å². The van der Waals surface area contributed by atoms with E-state index in [4.69, 9.17) is 21.1 Å². The van der Waals surface area contributed by atoms with Crippen molar-refractivity contribution in [2.24, 2.45) is 0 Å². The van der Waals surface area contributed by atoms with Crippen molar-refractivity contribution in [3.05, 3.63) is 53.8 Å². The van der Waals surface area contributed by atoms with Crippen molar-refractivity contribution < 1.29 is 14.3 Å². The number of aromatic nitrogens is 1. The number of carbonyl (C=O) groups is 1. The van der Waals surface area contributed by atoms with Gasteiger partial charge < -0.3 is 14.4 Å². The Morgan fingerprint density at radius 1 is 1.17 bits per heavy atom. The van der Waals surface area contributed by atoms with Crippen molar-refractivity contribution in [2.75, 3.05) is 19.7 Å². The summed E-state index contributed by atoms with van der Waals surface area (Å²) in [4.78, 5) is 18.1. The zero-order valence-corrected chi connectivity index (χ0v) is 14.0. The van der Waals surface area contributed by atoms with Crippen LogP contribution < -0.4 is 9.47 Å². The van der Waals surface area contributed by atoms with Gasteiger partial charge in [-0.05, 0) is 49.2 Å². The van der Waals surface area contributed by atoms with Crippen LogP contribution in [0.3, 0.4) is 0 Å². The van der Waals surface area contributed by atoms with Gasteiger partial charge in [0.25, 0.3) is 5.91 Å². The Labute approximate surface area is 146 Å². The Kier molecular flexibility index (Phi) is 5.54. The molecule has 1 fully saturated rings. The van der Waals surface area contributed by atoms with E-state index in [1.165, 1.54) is 0 Å². The minimum Gasteiger partial charge on any atom is -0.488 e. The molecule has 3 rings (SSSR count). The quantitative estimate of drug-likeness (QED) is 0.834. The molecule has 1 aliphatic heterocycles. The number of hydrogen-bond donors (Lipinski definition) is 0. The van der Waals surface area contributed by atoms with Crippen LogP contribution in [0.1, 0.15) is 12.8 Å². The molecule has 1 amide bonds. The number of rotatable bonds is 5. The largest absolute Gasteiger partial charge is 0.488 e. The molecule has 6 heteroatoms. The topological polar surface area (TPSA) is 51.7 Å². The molecule has 0 bridgehead atoms. The lowest BCUT2D eigenvalue weighted by atomic mass is 10.1. The van der Waals surface area contributed by atoms with Gasteiger partial charge in [-0.2, -0.15) is 0 Å². The fourth-order valence-corrected chi connectivity index (χ4v) is 2.76. The van der Waals surface area contributed by atoms with Crippen LogP contribution >= 0.6 is 11.6 Å². The third-order valence-corrected chi connectivity index (χ3v) is 4.11. The zero-order valence-electron chi connectivity index (χ0n) is 13.2. The monoisotopic (exact) mass is 346 g/mol. The van der Waals surface area contributed by atoms with E-state index in [9.17, 15) is 4.79 Å². The van der Waals surface area contributed by atoms with E-state index in [-0.39, 0.29) is 18.6 Å². The number of carbonyl (C=O) groups excluding carboxylic acids is 1. The molecule has 1 atom stereocenters. The van der Waals surface area contributed by atoms with Gasteiger partial charge in [0, 0.05) is 24.0 Å². The average Bonchev–Trinajstić information content (AvgIpc) is 2.62. The lowest BCUT2D eigenvalue weighted by Crippen LogP contribution is -2.46. The van der Waals surface area contributed by atoms with Gasteiger partial charge in [-0.3, -0.25) is 9.78 Å². The first-order valence-corrected chi connectivity index (χ1v) is 8.31. The molecule has 24 heavy (non-hydrogen) atoms. The van der Waals surface area contributed by atoms with Crippen molar-refractivity contribution >= 4 is 17.5 Å². The molecule has 126 valence electrons. The van der Waals surface area contributed by atoms with Crippen molar-refractivity contribution in [2.45, 2.75) is 18.9 Å². The lowest BCUT2D eigenvalue weighted by Gasteiger charge is -2.32. The first-order valence-electron chi connectivity index (χ1n) is 7.93. The SMILES string of the molecule is O=C(COc1ccc(Cl)cc1)N1CCCC(Oc2ccncc2)C1. The predicted molar refractivity (Wildman–Crippen MR) is 91.4 cm³/mol. The second-order valence-corrected chi connectivity index (χ2v) is 6.08. The molecule has 5 nitrogen and oxygen atoms in total. The highest BCUT2D eigenvalue weighted by Gasteiger charge is 2.25. The molecule has 1 aromatic carbocycles. The second-order valence-electron chi connectivity index (χ2n) is 5.65.